The van der Waals surface area contributed by atoms with Crippen LogP contribution in [0.15, 0.2) is 28.7 Å². The lowest BCUT2D eigenvalue weighted by Crippen LogP contribution is -3.13. The first kappa shape index (κ1) is 12.6. The van der Waals surface area contributed by atoms with Crippen LogP contribution in [0.25, 0.3) is 0 Å². The fraction of sp³-hybridized carbons (Fsp3) is 0.462. The van der Waals surface area contributed by atoms with Gasteiger partial charge in [-0.1, -0.05) is 34.1 Å². The Balaban J connectivity index is 1.90. The number of halogens is 1. The SMILES string of the molecule is CC(=O)N1CC[NH+](Cc2ccccc2Br)CC1. The molecule has 0 spiro atoms. The van der Waals surface area contributed by atoms with Gasteiger partial charge in [0.25, 0.3) is 0 Å². The van der Waals surface area contributed by atoms with Crippen LogP contribution in [-0.2, 0) is 11.3 Å². The highest BCUT2D eigenvalue weighted by Crippen LogP contribution is 2.14. The van der Waals surface area contributed by atoms with Gasteiger partial charge in [0.15, 0.2) is 0 Å². The summed E-state index contributed by atoms with van der Waals surface area (Å²) in [6.07, 6.45) is 0. The fourth-order valence-electron chi connectivity index (χ4n) is 2.23. The van der Waals surface area contributed by atoms with E-state index in [1.807, 2.05) is 11.0 Å². The molecule has 0 bridgehead atoms. The molecule has 0 saturated carbocycles. The number of amides is 1. The van der Waals surface area contributed by atoms with Gasteiger partial charge in [-0.25, -0.2) is 0 Å². The Kier molecular flexibility index (Phi) is 4.18. The standard InChI is InChI=1S/C13H17BrN2O/c1-11(17)16-8-6-15(7-9-16)10-12-4-2-3-5-13(12)14/h2-5H,6-10H2,1H3/p+1. The van der Waals surface area contributed by atoms with Crippen molar-refractivity contribution in [2.45, 2.75) is 13.5 Å². The van der Waals surface area contributed by atoms with Gasteiger partial charge >= 0.3 is 0 Å². The van der Waals surface area contributed by atoms with Crippen LogP contribution in [0.1, 0.15) is 12.5 Å². The second-order valence-electron chi connectivity index (χ2n) is 4.52. The maximum absolute atomic E-state index is 11.2. The summed E-state index contributed by atoms with van der Waals surface area (Å²) in [6.45, 7) is 6.54. The van der Waals surface area contributed by atoms with Gasteiger partial charge in [-0.2, -0.15) is 0 Å². The zero-order valence-electron chi connectivity index (χ0n) is 10.1. The van der Waals surface area contributed by atoms with Gasteiger partial charge in [0.2, 0.25) is 5.91 Å². The van der Waals surface area contributed by atoms with Crippen molar-refractivity contribution in [2.24, 2.45) is 0 Å². The minimum absolute atomic E-state index is 0.199. The number of piperazine rings is 1. The zero-order chi connectivity index (χ0) is 12.3. The lowest BCUT2D eigenvalue weighted by Gasteiger charge is -2.31. The van der Waals surface area contributed by atoms with Gasteiger partial charge in [-0.3, -0.25) is 4.79 Å². The topological polar surface area (TPSA) is 24.8 Å². The number of carbonyl (C=O) groups is 1. The molecule has 1 aliphatic rings. The molecule has 92 valence electrons. The van der Waals surface area contributed by atoms with E-state index < -0.39 is 0 Å². The Morgan fingerprint density at radius 1 is 1.35 bits per heavy atom. The molecule has 0 aliphatic carbocycles. The van der Waals surface area contributed by atoms with Crippen LogP contribution in [0.4, 0.5) is 0 Å². The molecular weight excluding hydrogens is 280 g/mol. The molecule has 17 heavy (non-hydrogen) atoms. The Labute approximate surface area is 111 Å². The number of nitrogens with zero attached hydrogens (tertiary/aromatic N) is 1. The summed E-state index contributed by atoms with van der Waals surface area (Å²) < 4.78 is 1.18. The minimum Gasteiger partial charge on any atom is -0.332 e. The first-order valence-electron chi connectivity index (χ1n) is 5.99. The summed E-state index contributed by atoms with van der Waals surface area (Å²) in [4.78, 5) is 14.7. The molecule has 1 aliphatic heterocycles. The van der Waals surface area contributed by atoms with Gasteiger partial charge in [-0.15, -0.1) is 0 Å². The van der Waals surface area contributed by atoms with E-state index in [1.165, 1.54) is 10.0 Å². The van der Waals surface area contributed by atoms with Gasteiger partial charge in [0, 0.05) is 17.0 Å². The van der Waals surface area contributed by atoms with E-state index in [9.17, 15) is 4.79 Å². The second-order valence-corrected chi connectivity index (χ2v) is 5.38. The number of hydrogen-bond acceptors (Lipinski definition) is 1. The third-order valence-corrected chi connectivity index (χ3v) is 4.09. The average Bonchev–Trinajstić information content (AvgIpc) is 2.33. The van der Waals surface area contributed by atoms with Crippen LogP contribution in [0, 0.1) is 0 Å². The lowest BCUT2D eigenvalue weighted by molar-refractivity contribution is -0.917. The molecule has 1 N–H and O–H groups in total. The Morgan fingerprint density at radius 2 is 2.00 bits per heavy atom. The number of rotatable bonds is 2. The van der Waals surface area contributed by atoms with Crippen LogP contribution in [-0.4, -0.2) is 37.0 Å². The summed E-state index contributed by atoms with van der Waals surface area (Å²) in [7, 11) is 0. The number of benzene rings is 1. The smallest absolute Gasteiger partial charge is 0.219 e. The zero-order valence-corrected chi connectivity index (χ0v) is 11.7. The Bertz CT molecular complexity index is 400. The van der Waals surface area contributed by atoms with Crippen molar-refractivity contribution >= 4 is 21.8 Å². The van der Waals surface area contributed by atoms with Gasteiger partial charge in [0.1, 0.15) is 6.54 Å². The van der Waals surface area contributed by atoms with E-state index in [2.05, 4.69) is 34.1 Å². The quantitative estimate of drug-likeness (QED) is 0.854. The summed E-state index contributed by atoms with van der Waals surface area (Å²) in [6, 6.07) is 8.36. The highest BCUT2D eigenvalue weighted by atomic mass is 79.9. The molecule has 1 aromatic rings. The highest BCUT2D eigenvalue weighted by Gasteiger charge is 2.21. The largest absolute Gasteiger partial charge is 0.332 e. The average molecular weight is 298 g/mol. The normalized spacial score (nSPS) is 17.2. The van der Waals surface area contributed by atoms with Crippen molar-refractivity contribution in [3.63, 3.8) is 0 Å². The number of carbonyl (C=O) groups excluding carboxylic acids is 1. The first-order chi connectivity index (χ1) is 8.16. The van der Waals surface area contributed by atoms with Gasteiger partial charge in [0.05, 0.1) is 26.2 Å². The second kappa shape index (κ2) is 5.65. The van der Waals surface area contributed by atoms with Crippen molar-refractivity contribution < 1.29 is 9.69 Å². The van der Waals surface area contributed by atoms with E-state index in [0.29, 0.717) is 0 Å². The maximum atomic E-state index is 11.2. The van der Waals surface area contributed by atoms with Crippen LogP contribution >= 0.6 is 15.9 Å². The molecule has 4 heteroatoms. The third-order valence-electron chi connectivity index (χ3n) is 3.31. The van der Waals surface area contributed by atoms with Gasteiger partial charge in [-0.05, 0) is 6.07 Å². The lowest BCUT2D eigenvalue weighted by atomic mass is 10.2. The fourth-order valence-corrected chi connectivity index (χ4v) is 2.65. The molecule has 0 unspecified atom stereocenters. The molecule has 0 atom stereocenters. The molecule has 3 nitrogen and oxygen atoms in total. The monoisotopic (exact) mass is 297 g/mol. The van der Waals surface area contributed by atoms with Crippen molar-refractivity contribution in [1.82, 2.24) is 4.90 Å². The third kappa shape index (κ3) is 3.30. The van der Waals surface area contributed by atoms with Crippen molar-refractivity contribution in [3.8, 4) is 0 Å². The summed E-state index contributed by atoms with van der Waals surface area (Å²) in [5.41, 5.74) is 1.35. The Hall–Kier alpha value is -0.870. The number of nitrogens with one attached hydrogen (secondary N) is 1. The highest BCUT2D eigenvalue weighted by molar-refractivity contribution is 9.10. The van der Waals surface area contributed by atoms with E-state index in [1.54, 1.807) is 11.8 Å². The van der Waals surface area contributed by atoms with Crippen molar-refractivity contribution in [3.05, 3.63) is 34.3 Å². The van der Waals surface area contributed by atoms with E-state index >= 15 is 0 Å². The minimum atomic E-state index is 0.199. The predicted molar refractivity (Wildman–Crippen MR) is 70.8 cm³/mol. The molecular formula is C13H18BrN2O+. The number of hydrogen-bond donors (Lipinski definition) is 1. The Morgan fingerprint density at radius 3 is 2.59 bits per heavy atom. The molecule has 1 saturated heterocycles. The molecule has 1 fully saturated rings. The summed E-state index contributed by atoms with van der Waals surface area (Å²) in [5.74, 6) is 0.199. The number of quaternary nitrogens is 1. The summed E-state index contributed by atoms with van der Waals surface area (Å²) in [5, 5.41) is 0. The van der Waals surface area contributed by atoms with Crippen molar-refractivity contribution in [2.75, 3.05) is 26.2 Å². The molecule has 1 heterocycles. The first-order valence-corrected chi connectivity index (χ1v) is 6.78. The maximum Gasteiger partial charge on any atom is 0.219 e. The van der Waals surface area contributed by atoms with E-state index in [4.69, 9.17) is 0 Å². The van der Waals surface area contributed by atoms with Crippen LogP contribution in [0.5, 0.6) is 0 Å². The summed E-state index contributed by atoms with van der Waals surface area (Å²) >= 11 is 3.58. The van der Waals surface area contributed by atoms with Crippen molar-refractivity contribution in [1.29, 1.82) is 0 Å². The van der Waals surface area contributed by atoms with Gasteiger partial charge < -0.3 is 9.80 Å². The van der Waals surface area contributed by atoms with E-state index in [0.717, 1.165) is 32.7 Å². The van der Waals surface area contributed by atoms with Crippen LogP contribution < -0.4 is 4.90 Å². The predicted octanol–water partition coefficient (Wildman–Crippen LogP) is 0.696. The molecule has 0 radical (unpaired) electrons. The molecule has 2 rings (SSSR count). The molecule has 0 aromatic heterocycles. The van der Waals surface area contributed by atoms with Crippen LogP contribution in [0.3, 0.4) is 0 Å². The van der Waals surface area contributed by atoms with Crippen LogP contribution in [0.2, 0.25) is 0 Å². The molecule has 1 aromatic carbocycles. The van der Waals surface area contributed by atoms with E-state index in [-0.39, 0.29) is 5.91 Å². The molecule has 1 amide bonds.